The highest BCUT2D eigenvalue weighted by molar-refractivity contribution is 5.84. The van der Waals surface area contributed by atoms with Crippen molar-refractivity contribution in [1.29, 1.82) is 0 Å². The third kappa shape index (κ3) is 1.85. The highest BCUT2D eigenvalue weighted by Gasteiger charge is 2.27. The van der Waals surface area contributed by atoms with Crippen LogP contribution in [0, 0.1) is 0 Å². The van der Waals surface area contributed by atoms with Gasteiger partial charge in [0.1, 0.15) is 0 Å². The van der Waals surface area contributed by atoms with Crippen LogP contribution in [0.15, 0.2) is 78.9 Å². The molecule has 0 fully saturated rings. The average molecular weight is 271 g/mol. The Morgan fingerprint density at radius 2 is 1.10 bits per heavy atom. The van der Waals surface area contributed by atoms with Gasteiger partial charge in [-0.2, -0.15) is 0 Å². The normalized spacial score (nSPS) is 13.7. The number of para-hydroxylation sites is 3. The molecule has 3 aromatic carbocycles. The molecule has 0 spiro atoms. The minimum Gasteiger partial charge on any atom is -0.310 e. The topological polar surface area (TPSA) is 3.24 Å². The zero-order chi connectivity index (χ0) is 14.2. The van der Waals surface area contributed by atoms with E-state index in [9.17, 15) is 0 Å². The van der Waals surface area contributed by atoms with Crippen molar-refractivity contribution in [2.45, 2.75) is 12.8 Å². The van der Waals surface area contributed by atoms with Gasteiger partial charge >= 0.3 is 0 Å². The van der Waals surface area contributed by atoms with Gasteiger partial charge in [0, 0.05) is 23.0 Å². The molecule has 1 heterocycles. The van der Waals surface area contributed by atoms with Gasteiger partial charge in [-0.3, -0.25) is 0 Å². The Hall–Kier alpha value is -2.54. The predicted molar refractivity (Wildman–Crippen MR) is 88.6 cm³/mol. The second-order valence-corrected chi connectivity index (χ2v) is 5.51. The summed E-state index contributed by atoms with van der Waals surface area (Å²) in [6.45, 7) is 2.29. The van der Waals surface area contributed by atoms with E-state index in [-0.39, 0.29) is 0 Å². The summed E-state index contributed by atoms with van der Waals surface area (Å²) < 4.78 is 0. The maximum Gasteiger partial charge on any atom is 0.0499 e. The van der Waals surface area contributed by atoms with E-state index in [0.717, 1.165) is 0 Å². The third-order valence-electron chi connectivity index (χ3n) is 4.30. The van der Waals surface area contributed by atoms with Gasteiger partial charge in [0.2, 0.25) is 0 Å². The number of nitrogens with zero attached hydrogens (tertiary/aromatic N) is 1. The molecule has 1 aliphatic rings. The van der Waals surface area contributed by atoms with Crippen LogP contribution in [0.4, 0.5) is 17.1 Å². The van der Waals surface area contributed by atoms with E-state index in [1.54, 1.807) is 0 Å². The first-order valence-electron chi connectivity index (χ1n) is 7.39. The van der Waals surface area contributed by atoms with Crippen LogP contribution < -0.4 is 4.90 Å². The Labute approximate surface area is 125 Å². The first-order chi connectivity index (χ1) is 10.4. The monoisotopic (exact) mass is 271 g/mol. The molecule has 1 heteroatoms. The van der Waals surface area contributed by atoms with Crippen LogP contribution in [0.3, 0.4) is 0 Å². The molecule has 0 atom stereocenters. The molecular formula is C20H17N. The first kappa shape index (κ1) is 12.2. The molecule has 0 aromatic heterocycles. The molecule has 102 valence electrons. The zero-order valence-corrected chi connectivity index (χ0v) is 12.0. The number of hydrogen-bond acceptors (Lipinski definition) is 1. The van der Waals surface area contributed by atoms with Gasteiger partial charge in [-0.15, -0.1) is 0 Å². The Bertz CT molecular complexity index is 729. The van der Waals surface area contributed by atoms with Crippen molar-refractivity contribution in [1.82, 2.24) is 0 Å². The van der Waals surface area contributed by atoms with Gasteiger partial charge < -0.3 is 4.90 Å². The second kappa shape index (κ2) is 4.78. The standard InChI is InChI=1S/C20H17N/c1-15-17-11-5-7-13-19(17)21(16-9-3-2-4-10-16)20-14-8-6-12-18(15)20/h2-15H,1H3. The molecule has 0 saturated heterocycles. The number of anilines is 3. The molecule has 0 radical (unpaired) electrons. The van der Waals surface area contributed by atoms with Crippen molar-refractivity contribution in [3.05, 3.63) is 90.0 Å². The number of benzene rings is 3. The minimum absolute atomic E-state index is 0.428. The van der Waals surface area contributed by atoms with Gasteiger partial charge in [-0.25, -0.2) is 0 Å². The van der Waals surface area contributed by atoms with E-state index < -0.39 is 0 Å². The maximum atomic E-state index is 2.37. The van der Waals surface area contributed by atoms with Crippen LogP contribution in [0.2, 0.25) is 0 Å². The summed E-state index contributed by atoms with van der Waals surface area (Å²) in [6, 6.07) is 28.0. The third-order valence-corrected chi connectivity index (χ3v) is 4.30. The van der Waals surface area contributed by atoms with E-state index in [1.165, 1.54) is 28.2 Å². The largest absolute Gasteiger partial charge is 0.310 e. The van der Waals surface area contributed by atoms with Crippen LogP contribution >= 0.6 is 0 Å². The summed E-state index contributed by atoms with van der Waals surface area (Å²) in [7, 11) is 0. The quantitative estimate of drug-likeness (QED) is 0.555. The lowest BCUT2D eigenvalue weighted by Gasteiger charge is -2.36. The lowest BCUT2D eigenvalue weighted by molar-refractivity contribution is 0.892. The van der Waals surface area contributed by atoms with Crippen LogP contribution in [0.25, 0.3) is 0 Å². The molecule has 3 aromatic rings. The van der Waals surface area contributed by atoms with E-state index in [1.807, 2.05) is 0 Å². The molecule has 0 aliphatic carbocycles. The van der Waals surface area contributed by atoms with Crippen LogP contribution in [-0.4, -0.2) is 0 Å². The van der Waals surface area contributed by atoms with E-state index in [0.29, 0.717) is 5.92 Å². The van der Waals surface area contributed by atoms with E-state index in [4.69, 9.17) is 0 Å². The number of rotatable bonds is 1. The van der Waals surface area contributed by atoms with Gasteiger partial charge in [0.15, 0.2) is 0 Å². The maximum absolute atomic E-state index is 2.37. The molecule has 1 nitrogen and oxygen atoms in total. The molecule has 0 bridgehead atoms. The molecule has 4 rings (SSSR count). The fourth-order valence-electron chi connectivity index (χ4n) is 3.27. The zero-order valence-electron chi connectivity index (χ0n) is 12.0. The van der Waals surface area contributed by atoms with E-state index >= 15 is 0 Å². The highest BCUT2D eigenvalue weighted by atomic mass is 15.2. The molecule has 0 N–H and O–H groups in total. The summed E-state index contributed by atoms with van der Waals surface area (Å²) in [5, 5.41) is 0. The van der Waals surface area contributed by atoms with Crippen molar-refractivity contribution in [2.75, 3.05) is 4.90 Å². The lowest BCUT2D eigenvalue weighted by Crippen LogP contribution is -2.20. The number of hydrogen-bond donors (Lipinski definition) is 0. The number of fused-ring (bicyclic) bond motifs is 2. The summed E-state index contributed by atoms with van der Waals surface area (Å²) >= 11 is 0. The van der Waals surface area contributed by atoms with Crippen LogP contribution in [0.1, 0.15) is 24.0 Å². The Kier molecular flexibility index (Phi) is 2.78. The summed E-state index contributed by atoms with van der Waals surface area (Å²) in [4.78, 5) is 2.37. The fourth-order valence-corrected chi connectivity index (χ4v) is 3.27. The average Bonchev–Trinajstić information content (AvgIpc) is 2.56. The molecule has 1 aliphatic heterocycles. The van der Waals surface area contributed by atoms with Crippen molar-refractivity contribution < 1.29 is 0 Å². The smallest absolute Gasteiger partial charge is 0.0499 e. The second-order valence-electron chi connectivity index (χ2n) is 5.51. The highest BCUT2D eigenvalue weighted by Crippen LogP contribution is 2.48. The molecular weight excluding hydrogens is 254 g/mol. The van der Waals surface area contributed by atoms with Crippen LogP contribution in [0.5, 0.6) is 0 Å². The Morgan fingerprint density at radius 1 is 0.619 bits per heavy atom. The van der Waals surface area contributed by atoms with Crippen molar-refractivity contribution in [3.63, 3.8) is 0 Å². The molecule has 21 heavy (non-hydrogen) atoms. The lowest BCUT2D eigenvalue weighted by atomic mass is 9.86. The Balaban J connectivity index is 2.01. The van der Waals surface area contributed by atoms with Gasteiger partial charge in [0.05, 0.1) is 0 Å². The van der Waals surface area contributed by atoms with Gasteiger partial charge in [-0.1, -0.05) is 61.5 Å². The summed E-state index contributed by atoms with van der Waals surface area (Å²) in [5.41, 5.74) is 6.56. The predicted octanol–water partition coefficient (Wildman–Crippen LogP) is 5.62. The first-order valence-corrected chi connectivity index (χ1v) is 7.39. The van der Waals surface area contributed by atoms with Crippen molar-refractivity contribution >= 4 is 17.1 Å². The summed E-state index contributed by atoms with van der Waals surface area (Å²) in [5.74, 6) is 0.428. The molecule has 0 saturated carbocycles. The molecule has 0 unspecified atom stereocenters. The fraction of sp³-hybridized carbons (Fsp3) is 0.100. The van der Waals surface area contributed by atoms with Crippen molar-refractivity contribution in [2.24, 2.45) is 0 Å². The Morgan fingerprint density at radius 3 is 1.67 bits per heavy atom. The SMILES string of the molecule is CC1c2ccccc2N(c2ccccc2)c2ccccc21. The van der Waals surface area contributed by atoms with Gasteiger partial charge in [0.25, 0.3) is 0 Å². The molecule has 0 amide bonds. The van der Waals surface area contributed by atoms with Crippen LogP contribution in [-0.2, 0) is 0 Å². The minimum atomic E-state index is 0.428. The summed E-state index contributed by atoms with van der Waals surface area (Å²) in [6.07, 6.45) is 0. The van der Waals surface area contributed by atoms with Crippen molar-refractivity contribution in [3.8, 4) is 0 Å². The van der Waals surface area contributed by atoms with E-state index in [2.05, 4.69) is 90.7 Å². The van der Waals surface area contributed by atoms with Gasteiger partial charge in [-0.05, 0) is 35.4 Å².